The maximum absolute atomic E-state index is 5.03. The number of methoxy groups -OCH3 is 1. The quantitative estimate of drug-likeness (QED) is 0.658. The van der Waals surface area contributed by atoms with Crippen LogP contribution in [0, 0.1) is 0 Å². The molecule has 0 aromatic carbocycles. The SMILES string of the molecule is CCNC(COC)c1ncn[nH]1. The first-order chi connectivity index (χ1) is 5.88. The van der Waals surface area contributed by atoms with Crippen molar-refractivity contribution in [2.75, 3.05) is 20.3 Å². The molecule has 1 aromatic rings. The zero-order valence-electron chi connectivity index (χ0n) is 7.37. The van der Waals surface area contributed by atoms with Gasteiger partial charge in [0.15, 0.2) is 0 Å². The second-order valence-corrected chi connectivity index (χ2v) is 2.44. The summed E-state index contributed by atoms with van der Waals surface area (Å²) in [6.07, 6.45) is 1.50. The van der Waals surface area contributed by atoms with Gasteiger partial charge in [0.25, 0.3) is 0 Å². The van der Waals surface area contributed by atoms with E-state index in [1.807, 2.05) is 6.92 Å². The van der Waals surface area contributed by atoms with Gasteiger partial charge >= 0.3 is 0 Å². The van der Waals surface area contributed by atoms with Gasteiger partial charge in [0.05, 0.1) is 12.6 Å². The van der Waals surface area contributed by atoms with Gasteiger partial charge < -0.3 is 10.1 Å². The number of nitrogens with zero attached hydrogens (tertiary/aromatic N) is 2. The largest absolute Gasteiger partial charge is 0.383 e. The summed E-state index contributed by atoms with van der Waals surface area (Å²) in [4.78, 5) is 4.04. The molecule has 0 aliphatic carbocycles. The first-order valence-corrected chi connectivity index (χ1v) is 3.96. The van der Waals surface area contributed by atoms with Gasteiger partial charge in [-0.1, -0.05) is 6.92 Å². The molecule has 0 bridgehead atoms. The minimum atomic E-state index is 0.113. The van der Waals surface area contributed by atoms with E-state index in [0.29, 0.717) is 6.61 Å². The lowest BCUT2D eigenvalue weighted by Crippen LogP contribution is -2.25. The number of nitrogens with one attached hydrogen (secondary N) is 2. The zero-order chi connectivity index (χ0) is 8.81. The van der Waals surface area contributed by atoms with Crippen molar-refractivity contribution in [1.29, 1.82) is 0 Å². The summed E-state index contributed by atoms with van der Waals surface area (Å²) in [5.74, 6) is 0.818. The number of likely N-dealkylation sites (N-methyl/N-ethyl adjacent to an activating group) is 1. The molecule has 12 heavy (non-hydrogen) atoms. The third-order valence-electron chi connectivity index (χ3n) is 1.55. The van der Waals surface area contributed by atoms with Crippen molar-refractivity contribution in [3.63, 3.8) is 0 Å². The Kier molecular flexibility index (Phi) is 3.69. The Morgan fingerprint density at radius 2 is 2.58 bits per heavy atom. The Balaban J connectivity index is 2.53. The fourth-order valence-corrected chi connectivity index (χ4v) is 1.03. The highest BCUT2D eigenvalue weighted by atomic mass is 16.5. The Hall–Kier alpha value is -0.940. The fourth-order valence-electron chi connectivity index (χ4n) is 1.03. The summed E-state index contributed by atoms with van der Waals surface area (Å²) >= 11 is 0. The molecular weight excluding hydrogens is 156 g/mol. The lowest BCUT2D eigenvalue weighted by Gasteiger charge is -2.13. The van der Waals surface area contributed by atoms with Crippen molar-refractivity contribution in [3.8, 4) is 0 Å². The predicted molar refractivity (Wildman–Crippen MR) is 44.7 cm³/mol. The maximum atomic E-state index is 5.03. The lowest BCUT2D eigenvalue weighted by atomic mass is 10.3. The molecule has 0 spiro atoms. The van der Waals surface area contributed by atoms with Gasteiger partial charge in [-0.25, -0.2) is 4.98 Å². The molecule has 5 nitrogen and oxygen atoms in total. The van der Waals surface area contributed by atoms with Crippen LogP contribution in [0.1, 0.15) is 18.8 Å². The molecule has 1 rings (SSSR count). The maximum Gasteiger partial charge on any atom is 0.143 e. The Morgan fingerprint density at radius 3 is 3.08 bits per heavy atom. The second kappa shape index (κ2) is 4.84. The van der Waals surface area contributed by atoms with Crippen molar-refractivity contribution in [1.82, 2.24) is 20.5 Å². The van der Waals surface area contributed by atoms with Gasteiger partial charge in [0.1, 0.15) is 12.2 Å². The van der Waals surface area contributed by atoms with Gasteiger partial charge in [-0.05, 0) is 6.54 Å². The molecule has 0 saturated carbocycles. The molecule has 0 amide bonds. The molecule has 0 aliphatic rings. The minimum Gasteiger partial charge on any atom is -0.383 e. The second-order valence-electron chi connectivity index (χ2n) is 2.44. The van der Waals surface area contributed by atoms with Crippen LogP contribution in [0.25, 0.3) is 0 Å². The molecule has 1 heterocycles. The smallest absolute Gasteiger partial charge is 0.143 e. The fraction of sp³-hybridized carbons (Fsp3) is 0.714. The monoisotopic (exact) mass is 170 g/mol. The molecule has 0 aliphatic heterocycles. The Morgan fingerprint density at radius 1 is 1.75 bits per heavy atom. The van der Waals surface area contributed by atoms with E-state index in [1.165, 1.54) is 6.33 Å². The topological polar surface area (TPSA) is 62.8 Å². The number of hydrogen-bond acceptors (Lipinski definition) is 4. The molecule has 0 radical (unpaired) electrons. The van der Waals surface area contributed by atoms with E-state index in [9.17, 15) is 0 Å². The molecule has 2 N–H and O–H groups in total. The number of aromatic amines is 1. The van der Waals surface area contributed by atoms with Crippen molar-refractivity contribution < 1.29 is 4.74 Å². The molecule has 0 fully saturated rings. The van der Waals surface area contributed by atoms with Gasteiger partial charge in [0.2, 0.25) is 0 Å². The number of ether oxygens (including phenoxy) is 1. The molecule has 1 unspecified atom stereocenters. The highest BCUT2D eigenvalue weighted by Crippen LogP contribution is 2.04. The Bertz CT molecular complexity index is 193. The number of rotatable bonds is 5. The Labute approximate surface area is 71.5 Å². The molecule has 1 aromatic heterocycles. The highest BCUT2D eigenvalue weighted by Gasteiger charge is 2.11. The average molecular weight is 170 g/mol. The third-order valence-corrected chi connectivity index (χ3v) is 1.55. The van der Waals surface area contributed by atoms with Crippen LogP contribution in [0.15, 0.2) is 6.33 Å². The first-order valence-electron chi connectivity index (χ1n) is 3.96. The minimum absolute atomic E-state index is 0.113. The summed E-state index contributed by atoms with van der Waals surface area (Å²) in [7, 11) is 1.67. The summed E-state index contributed by atoms with van der Waals surface area (Å²) in [5.41, 5.74) is 0. The standard InChI is InChI=1S/C7H14N4O/c1-3-8-6(4-12-2)7-9-5-10-11-7/h5-6,8H,3-4H2,1-2H3,(H,9,10,11). The molecule has 68 valence electrons. The number of H-pyrrole nitrogens is 1. The van der Waals surface area contributed by atoms with E-state index in [4.69, 9.17) is 4.74 Å². The van der Waals surface area contributed by atoms with E-state index in [-0.39, 0.29) is 6.04 Å². The summed E-state index contributed by atoms with van der Waals surface area (Å²) < 4.78 is 5.03. The van der Waals surface area contributed by atoms with Gasteiger partial charge in [0, 0.05) is 7.11 Å². The van der Waals surface area contributed by atoms with Crippen molar-refractivity contribution in [2.45, 2.75) is 13.0 Å². The van der Waals surface area contributed by atoms with Crippen molar-refractivity contribution in [2.24, 2.45) is 0 Å². The predicted octanol–water partition coefficient (Wildman–Crippen LogP) is 0.102. The van der Waals surface area contributed by atoms with Gasteiger partial charge in [-0.3, -0.25) is 5.10 Å². The molecule has 1 atom stereocenters. The third kappa shape index (κ3) is 2.28. The van der Waals surface area contributed by atoms with Crippen LogP contribution in [0.3, 0.4) is 0 Å². The van der Waals surface area contributed by atoms with Crippen LogP contribution in [-0.2, 0) is 4.74 Å². The van der Waals surface area contributed by atoms with E-state index in [2.05, 4.69) is 20.5 Å². The average Bonchev–Trinajstić information content (AvgIpc) is 2.56. The highest BCUT2D eigenvalue weighted by molar-refractivity contribution is 4.90. The van der Waals surface area contributed by atoms with E-state index < -0.39 is 0 Å². The molecular formula is C7H14N4O. The lowest BCUT2D eigenvalue weighted by molar-refractivity contribution is 0.164. The number of aromatic nitrogens is 3. The van der Waals surface area contributed by atoms with Gasteiger partial charge in [-0.2, -0.15) is 5.10 Å². The van der Waals surface area contributed by atoms with Gasteiger partial charge in [-0.15, -0.1) is 0 Å². The molecule has 0 saturated heterocycles. The van der Waals surface area contributed by atoms with Crippen LogP contribution >= 0.6 is 0 Å². The summed E-state index contributed by atoms with van der Waals surface area (Å²) in [6.45, 7) is 3.52. The normalized spacial score (nSPS) is 13.2. The van der Waals surface area contributed by atoms with E-state index >= 15 is 0 Å². The first kappa shape index (κ1) is 9.15. The van der Waals surface area contributed by atoms with E-state index in [0.717, 1.165) is 12.4 Å². The van der Waals surface area contributed by atoms with Crippen LogP contribution < -0.4 is 5.32 Å². The zero-order valence-corrected chi connectivity index (χ0v) is 7.37. The van der Waals surface area contributed by atoms with Crippen molar-refractivity contribution >= 4 is 0 Å². The number of hydrogen-bond donors (Lipinski definition) is 2. The van der Waals surface area contributed by atoms with Crippen molar-refractivity contribution in [3.05, 3.63) is 12.2 Å². The summed E-state index contributed by atoms with van der Waals surface area (Å²) in [6, 6.07) is 0.113. The molecule has 5 heteroatoms. The summed E-state index contributed by atoms with van der Waals surface area (Å²) in [5, 5.41) is 9.81. The van der Waals surface area contributed by atoms with E-state index in [1.54, 1.807) is 7.11 Å². The van der Waals surface area contributed by atoms with Crippen LogP contribution in [0.4, 0.5) is 0 Å². The van der Waals surface area contributed by atoms with Crippen LogP contribution in [0.2, 0.25) is 0 Å². The van der Waals surface area contributed by atoms with Crippen LogP contribution in [-0.4, -0.2) is 35.4 Å². The van der Waals surface area contributed by atoms with Crippen LogP contribution in [0.5, 0.6) is 0 Å².